The second-order valence-electron chi connectivity index (χ2n) is 4.92. The van der Waals surface area contributed by atoms with Crippen LogP contribution in [0.5, 0.6) is 0 Å². The highest BCUT2D eigenvalue weighted by atomic mass is 127. The molecule has 1 rings (SSSR count). The second kappa shape index (κ2) is 5.34. The van der Waals surface area contributed by atoms with E-state index in [0.717, 1.165) is 11.8 Å². The van der Waals surface area contributed by atoms with Crippen molar-refractivity contribution in [1.29, 1.82) is 0 Å². The van der Waals surface area contributed by atoms with Crippen molar-refractivity contribution in [3.05, 3.63) is 23.8 Å². The summed E-state index contributed by atoms with van der Waals surface area (Å²) in [5, 5.41) is 0. The second-order valence-corrected chi connectivity index (χ2v) is 6.36. The molecule has 0 aromatic heterocycles. The molecule has 0 heterocycles. The highest BCUT2D eigenvalue weighted by Gasteiger charge is 2.19. The van der Waals surface area contributed by atoms with Crippen molar-refractivity contribution in [2.75, 3.05) is 0 Å². The Morgan fingerprint density at radius 1 is 1.29 bits per heavy atom. The third-order valence-corrected chi connectivity index (χ3v) is 3.99. The third kappa shape index (κ3) is 3.41. The van der Waals surface area contributed by atoms with Gasteiger partial charge in [-0.15, -0.1) is 0 Å². The fourth-order valence-electron chi connectivity index (χ4n) is 1.84. The number of halogens is 1. The number of hydrogen-bond acceptors (Lipinski definition) is 0. The number of hydrogen-bond donors (Lipinski definition) is 0. The van der Waals surface area contributed by atoms with E-state index in [1.807, 2.05) is 0 Å². The van der Waals surface area contributed by atoms with E-state index in [4.69, 9.17) is 0 Å². The van der Waals surface area contributed by atoms with Gasteiger partial charge in [-0.2, -0.15) is 0 Å². The zero-order chi connectivity index (χ0) is 10.7. The van der Waals surface area contributed by atoms with Crippen molar-refractivity contribution < 1.29 is 0 Å². The summed E-state index contributed by atoms with van der Waals surface area (Å²) in [6.07, 6.45) is 8.49. The molecule has 0 nitrogen and oxygen atoms in total. The van der Waals surface area contributed by atoms with Crippen LogP contribution in [0.15, 0.2) is 23.8 Å². The van der Waals surface area contributed by atoms with Gasteiger partial charge in [-0.1, -0.05) is 68.5 Å². The van der Waals surface area contributed by atoms with Crippen LogP contribution >= 0.6 is 22.6 Å². The van der Waals surface area contributed by atoms with Crippen LogP contribution in [-0.2, 0) is 0 Å². The van der Waals surface area contributed by atoms with Crippen LogP contribution in [0.1, 0.15) is 34.1 Å². The molecule has 0 aromatic rings. The van der Waals surface area contributed by atoms with Crippen molar-refractivity contribution in [2.45, 2.75) is 38.0 Å². The van der Waals surface area contributed by atoms with Gasteiger partial charge in [0.1, 0.15) is 0 Å². The SMILES string of the molecule is CC(C)CC1C=CC(C(C)C)=CC1I. The molecule has 1 heteroatoms. The van der Waals surface area contributed by atoms with Gasteiger partial charge >= 0.3 is 0 Å². The lowest BCUT2D eigenvalue weighted by molar-refractivity contribution is 0.486. The molecule has 0 spiro atoms. The van der Waals surface area contributed by atoms with Gasteiger partial charge in [0.05, 0.1) is 0 Å². The minimum absolute atomic E-state index is 0.670. The molecule has 2 unspecified atom stereocenters. The smallest absolute Gasteiger partial charge is 0.0358 e. The van der Waals surface area contributed by atoms with Gasteiger partial charge in [-0.3, -0.25) is 0 Å². The first kappa shape index (κ1) is 12.3. The van der Waals surface area contributed by atoms with E-state index in [1.165, 1.54) is 12.0 Å². The summed E-state index contributed by atoms with van der Waals surface area (Å²) < 4.78 is 0.692. The van der Waals surface area contributed by atoms with E-state index in [0.29, 0.717) is 9.84 Å². The maximum absolute atomic E-state index is 2.57. The Morgan fingerprint density at radius 3 is 2.36 bits per heavy atom. The van der Waals surface area contributed by atoms with E-state index in [1.54, 1.807) is 0 Å². The lowest BCUT2D eigenvalue weighted by atomic mass is 9.87. The lowest BCUT2D eigenvalue weighted by Crippen LogP contribution is -2.16. The first-order valence-electron chi connectivity index (χ1n) is 5.54. The Hall–Kier alpha value is 0.210. The van der Waals surface area contributed by atoms with Gasteiger partial charge in [0.2, 0.25) is 0 Å². The Labute approximate surface area is 102 Å². The minimum atomic E-state index is 0.670. The summed E-state index contributed by atoms with van der Waals surface area (Å²) >= 11 is 2.57. The molecule has 0 saturated carbocycles. The first-order valence-corrected chi connectivity index (χ1v) is 6.79. The van der Waals surface area contributed by atoms with Crippen LogP contribution in [0.3, 0.4) is 0 Å². The predicted octanol–water partition coefficient (Wildman–Crippen LogP) is 4.60. The van der Waals surface area contributed by atoms with Crippen LogP contribution in [-0.4, -0.2) is 3.92 Å². The molecule has 80 valence electrons. The van der Waals surface area contributed by atoms with Gasteiger partial charge < -0.3 is 0 Å². The maximum atomic E-state index is 2.57. The van der Waals surface area contributed by atoms with E-state index in [9.17, 15) is 0 Å². The molecule has 1 aliphatic carbocycles. The van der Waals surface area contributed by atoms with Crippen molar-refractivity contribution in [2.24, 2.45) is 17.8 Å². The molecule has 0 fully saturated rings. The van der Waals surface area contributed by atoms with Gasteiger partial charge in [-0.05, 0) is 29.7 Å². The summed E-state index contributed by atoms with van der Waals surface area (Å²) in [6.45, 7) is 9.14. The molecule has 0 aromatic carbocycles. The summed E-state index contributed by atoms with van der Waals surface area (Å²) in [6, 6.07) is 0. The quantitative estimate of drug-likeness (QED) is 0.528. The molecule has 14 heavy (non-hydrogen) atoms. The van der Waals surface area contributed by atoms with E-state index in [-0.39, 0.29) is 0 Å². The average molecular weight is 304 g/mol. The van der Waals surface area contributed by atoms with Gasteiger partial charge in [-0.25, -0.2) is 0 Å². The molecule has 0 bridgehead atoms. The van der Waals surface area contributed by atoms with Gasteiger partial charge in [0.25, 0.3) is 0 Å². The molecule has 0 amide bonds. The van der Waals surface area contributed by atoms with E-state index >= 15 is 0 Å². The van der Waals surface area contributed by atoms with Gasteiger partial charge in [0, 0.05) is 3.92 Å². The minimum Gasteiger partial charge on any atom is -0.0798 e. The molecule has 1 aliphatic rings. The monoisotopic (exact) mass is 304 g/mol. The van der Waals surface area contributed by atoms with E-state index < -0.39 is 0 Å². The first-order chi connectivity index (χ1) is 6.50. The summed E-state index contributed by atoms with van der Waals surface area (Å²) in [4.78, 5) is 0. The normalized spacial score (nSPS) is 27.2. The molecular formula is C13H21I. The third-order valence-electron chi connectivity index (χ3n) is 2.71. The number of alkyl halides is 1. The summed E-state index contributed by atoms with van der Waals surface area (Å²) in [5.74, 6) is 2.22. The standard InChI is InChI=1S/C13H21I/c1-9(2)7-12-6-5-11(10(3)4)8-13(12)14/h5-6,8-10,12-13H,7H2,1-4H3. The van der Waals surface area contributed by atoms with Crippen LogP contribution in [0, 0.1) is 17.8 Å². The molecule has 0 radical (unpaired) electrons. The maximum Gasteiger partial charge on any atom is 0.0358 e. The van der Waals surface area contributed by atoms with Crippen LogP contribution in [0.25, 0.3) is 0 Å². The van der Waals surface area contributed by atoms with Crippen LogP contribution in [0.4, 0.5) is 0 Å². The largest absolute Gasteiger partial charge is 0.0798 e. The summed E-state index contributed by atoms with van der Waals surface area (Å²) in [7, 11) is 0. The van der Waals surface area contributed by atoms with Crippen molar-refractivity contribution in [3.63, 3.8) is 0 Å². The zero-order valence-corrected chi connectivity index (χ0v) is 11.8. The van der Waals surface area contributed by atoms with Crippen molar-refractivity contribution in [3.8, 4) is 0 Å². The van der Waals surface area contributed by atoms with Crippen LogP contribution in [0.2, 0.25) is 0 Å². The van der Waals surface area contributed by atoms with Gasteiger partial charge in [0.15, 0.2) is 0 Å². The molecule has 0 aliphatic heterocycles. The zero-order valence-electron chi connectivity index (χ0n) is 9.63. The topological polar surface area (TPSA) is 0 Å². The Morgan fingerprint density at radius 2 is 1.93 bits per heavy atom. The lowest BCUT2D eigenvalue weighted by Gasteiger charge is -2.24. The van der Waals surface area contributed by atoms with Crippen LogP contribution < -0.4 is 0 Å². The molecule has 0 N–H and O–H groups in total. The Kier molecular flexibility index (Phi) is 4.68. The van der Waals surface area contributed by atoms with Crippen molar-refractivity contribution in [1.82, 2.24) is 0 Å². The predicted molar refractivity (Wildman–Crippen MR) is 72.8 cm³/mol. The highest BCUT2D eigenvalue weighted by molar-refractivity contribution is 14.1. The molecular weight excluding hydrogens is 283 g/mol. The fraction of sp³-hybridized carbons (Fsp3) is 0.692. The number of allylic oxidation sites excluding steroid dienone is 4. The summed E-state index contributed by atoms with van der Waals surface area (Å²) in [5.41, 5.74) is 1.50. The fourth-order valence-corrected chi connectivity index (χ4v) is 2.79. The van der Waals surface area contributed by atoms with Crippen molar-refractivity contribution >= 4 is 22.6 Å². The average Bonchev–Trinajstić information content (AvgIpc) is 2.07. The molecule has 2 atom stereocenters. The van der Waals surface area contributed by atoms with E-state index in [2.05, 4.69) is 68.5 Å². The highest BCUT2D eigenvalue weighted by Crippen LogP contribution is 2.30. The Bertz CT molecular complexity index is 236. The molecule has 0 saturated heterocycles. The Balaban J connectivity index is 2.61. The number of rotatable bonds is 3.